The lowest BCUT2D eigenvalue weighted by Gasteiger charge is -2.16. The van der Waals surface area contributed by atoms with E-state index in [1.165, 1.54) is 0 Å². The number of aromatic nitrogens is 2. The standard InChI is InChI=1S/C18H18ClN3O/c19-14-4-5-16-17(6-8-21-18(16)10-14)22-11-13(12-23)9-15-3-1-2-7-20-15/h1-8,10,13,23H,9,11-12H2,(H,21,22). The molecule has 1 aromatic carbocycles. The van der Waals surface area contributed by atoms with Crippen molar-refractivity contribution in [3.8, 4) is 0 Å². The van der Waals surface area contributed by atoms with E-state index in [0.29, 0.717) is 11.6 Å². The van der Waals surface area contributed by atoms with E-state index >= 15 is 0 Å². The molecule has 0 bridgehead atoms. The van der Waals surface area contributed by atoms with Crippen molar-refractivity contribution in [1.29, 1.82) is 0 Å². The molecule has 0 spiro atoms. The molecule has 2 N–H and O–H groups in total. The van der Waals surface area contributed by atoms with E-state index in [0.717, 1.165) is 28.7 Å². The monoisotopic (exact) mass is 327 g/mol. The van der Waals surface area contributed by atoms with E-state index in [1.807, 2.05) is 42.5 Å². The zero-order chi connectivity index (χ0) is 16.1. The van der Waals surface area contributed by atoms with Crippen LogP contribution in [-0.2, 0) is 6.42 Å². The Hall–Kier alpha value is -2.17. The molecule has 0 saturated heterocycles. The molecule has 3 aromatic rings. The van der Waals surface area contributed by atoms with Crippen molar-refractivity contribution >= 4 is 28.2 Å². The first-order valence-electron chi connectivity index (χ1n) is 7.55. The highest BCUT2D eigenvalue weighted by Gasteiger charge is 2.10. The molecule has 3 rings (SSSR count). The summed E-state index contributed by atoms with van der Waals surface area (Å²) < 4.78 is 0. The fourth-order valence-electron chi connectivity index (χ4n) is 2.55. The lowest BCUT2D eigenvalue weighted by atomic mass is 10.0. The maximum absolute atomic E-state index is 9.62. The van der Waals surface area contributed by atoms with Crippen molar-refractivity contribution in [3.05, 3.63) is 65.6 Å². The molecule has 1 atom stereocenters. The van der Waals surface area contributed by atoms with Crippen LogP contribution in [-0.4, -0.2) is 28.2 Å². The van der Waals surface area contributed by atoms with E-state index in [9.17, 15) is 5.11 Å². The minimum absolute atomic E-state index is 0.0976. The molecular weight excluding hydrogens is 310 g/mol. The van der Waals surface area contributed by atoms with Gasteiger partial charge in [0.25, 0.3) is 0 Å². The van der Waals surface area contributed by atoms with Crippen LogP contribution in [0.3, 0.4) is 0 Å². The van der Waals surface area contributed by atoms with Gasteiger partial charge in [0.05, 0.1) is 5.52 Å². The Kier molecular flexibility index (Phi) is 5.05. The summed E-state index contributed by atoms with van der Waals surface area (Å²) >= 11 is 6.01. The minimum Gasteiger partial charge on any atom is -0.396 e. The van der Waals surface area contributed by atoms with Gasteiger partial charge in [0, 0.05) is 53.3 Å². The largest absolute Gasteiger partial charge is 0.396 e. The Labute approximate surface area is 140 Å². The first kappa shape index (κ1) is 15.7. The summed E-state index contributed by atoms with van der Waals surface area (Å²) in [6.45, 7) is 0.771. The second-order valence-corrected chi connectivity index (χ2v) is 5.91. The van der Waals surface area contributed by atoms with E-state index in [-0.39, 0.29) is 12.5 Å². The molecule has 0 aliphatic carbocycles. The molecule has 0 aliphatic heterocycles. The molecule has 0 saturated carbocycles. The SMILES string of the molecule is OCC(CNc1ccnc2cc(Cl)ccc12)Cc1ccccn1. The predicted molar refractivity (Wildman–Crippen MR) is 93.8 cm³/mol. The number of halogens is 1. The van der Waals surface area contributed by atoms with Gasteiger partial charge in [-0.15, -0.1) is 0 Å². The summed E-state index contributed by atoms with van der Waals surface area (Å²) in [5.41, 5.74) is 2.83. The third-order valence-corrected chi connectivity index (χ3v) is 4.00. The van der Waals surface area contributed by atoms with Crippen molar-refractivity contribution in [2.45, 2.75) is 6.42 Å². The summed E-state index contributed by atoms with van der Waals surface area (Å²) in [6, 6.07) is 13.4. The maximum Gasteiger partial charge on any atom is 0.0737 e. The van der Waals surface area contributed by atoms with Gasteiger partial charge in [0.1, 0.15) is 0 Å². The summed E-state index contributed by atoms with van der Waals surface area (Å²) in [7, 11) is 0. The zero-order valence-electron chi connectivity index (χ0n) is 12.6. The average Bonchev–Trinajstić information content (AvgIpc) is 2.59. The summed E-state index contributed by atoms with van der Waals surface area (Å²) in [6.07, 6.45) is 4.27. The highest BCUT2D eigenvalue weighted by molar-refractivity contribution is 6.31. The van der Waals surface area contributed by atoms with Gasteiger partial charge in [-0.2, -0.15) is 0 Å². The predicted octanol–water partition coefficient (Wildman–Crippen LogP) is 3.55. The van der Waals surface area contributed by atoms with Crippen LogP contribution in [0.25, 0.3) is 10.9 Å². The fourth-order valence-corrected chi connectivity index (χ4v) is 2.71. The number of pyridine rings is 2. The number of aliphatic hydroxyl groups is 1. The van der Waals surface area contributed by atoms with Crippen molar-refractivity contribution in [2.75, 3.05) is 18.5 Å². The molecule has 0 amide bonds. The number of rotatable bonds is 6. The Balaban J connectivity index is 1.72. The van der Waals surface area contributed by atoms with E-state index in [1.54, 1.807) is 12.4 Å². The van der Waals surface area contributed by atoms with Gasteiger partial charge in [-0.25, -0.2) is 0 Å². The molecule has 5 heteroatoms. The second kappa shape index (κ2) is 7.40. The van der Waals surface area contributed by atoms with Gasteiger partial charge in [-0.05, 0) is 42.8 Å². The topological polar surface area (TPSA) is 58.0 Å². The third kappa shape index (κ3) is 3.97. The normalized spacial score (nSPS) is 12.3. The average molecular weight is 328 g/mol. The van der Waals surface area contributed by atoms with E-state index in [4.69, 9.17) is 11.6 Å². The van der Waals surface area contributed by atoms with Crippen molar-refractivity contribution in [1.82, 2.24) is 9.97 Å². The zero-order valence-corrected chi connectivity index (χ0v) is 13.4. The fraction of sp³-hybridized carbons (Fsp3) is 0.222. The van der Waals surface area contributed by atoms with Crippen LogP contribution >= 0.6 is 11.6 Å². The van der Waals surface area contributed by atoms with Crippen LogP contribution in [0, 0.1) is 5.92 Å². The van der Waals surface area contributed by atoms with Gasteiger partial charge in [-0.1, -0.05) is 17.7 Å². The number of anilines is 1. The smallest absolute Gasteiger partial charge is 0.0737 e. The molecule has 23 heavy (non-hydrogen) atoms. The summed E-state index contributed by atoms with van der Waals surface area (Å²) in [4.78, 5) is 8.65. The number of benzene rings is 1. The molecular formula is C18H18ClN3O. The van der Waals surface area contributed by atoms with Crippen LogP contribution in [0.1, 0.15) is 5.69 Å². The number of aliphatic hydroxyl groups excluding tert-OH is 1. The van der Waals surface area contributed by atoms with Gasteiger partial charge >= 0.3 is 0 Å². The number of hydrogen-bond acceptors (Lipinski definition) is 4. The Bertz CT molecular complexity index is 780. The quantitative estimate of drug-likeness (QED) is 0.727. The van der Waals surface area contributed by atoms with Gasteiger partial charge in [0.2, 0.25) is 0 Å². The van der Waals surface area contributed by atoms with Crippen LogP contribution in [0.4, 0.5) is 5.69 Å². The van der Waals surface area contributed by atoms with Crippen molar-refractivity contribution in [2.24, 2.45) is 5.92 Å². The van der Waals surface area contributed by atoms with Gasteiger partial charge in [0.15, 0.2) is 0 Å². The van der Waals surface area contributed by atoms with Crippen LogP contribution in [0.5, 0.6) is 0 Å². The number of nitrogens with zero attached hydrogens (tertiary/aromatic N) is 2. The highest BCUT2D eigenvalue weighted by atomic mass is 35.5. The Morgan fingerprint density at radius 1 is 1.09 bits per heavy atom. The Morgan fingerprint density at radius 3 is 2.78 bits per heavy atom. The van der Waals surface area contributed by atoms with Gasteiger partial charge < -0.3 is 10.4 Å². The first-order valence-corrected chi connectivity index (χ1v) is 7.93. The van der Waals surface area contributed by atoms with E-state index < -0.39 is 0 Å². The van der Waals surface area contributed by atoms with Crippen molar-refractivity contribution in [3.63, 3.8) is 0 Å². The molecule has 118 valence electrons. The van der Waals surface area contributed by atoms with E-state index in [2.05, 4.69) is 15.3 Å². The third-order valence-electron chi connectivity index (χ3n) is 3.77. The second-order valence-electron chi connectivity index (χ2n) is 5.47. The van der Waals surface area contributed by atoms with Gasteiger partial charge in [-0.3, -0.25) is 9.97 Å². The van der Waals surface area contributed by atoms with Crippen molar-refractivity contribution < 1.29 is 5.11 Å². The molecule has 0 fully saturated rings. The summed E-state index contributed by atoms with van der Waals surface area (Å²) in [5, 5.41) is 14.7. The van der Waals surface area contributed by atoms with Crippen LogP contribution in [0.15, 0.2) is 54.9 Å². The minimum atomic E-state index is 0.0976. The molecule has 1 unspecified atom stereocenters. The first-order chi connectivity index (χ1) is 11.3. The number of nitrogens with one attached hydrogen (secondary N) is 1. The summed E-state index contributed by atoms with van der Waals surface area (Å²) in [5.74, 6) is 0.0976. The van der Waals surface area contributed by atoms with Crippen LogP contribution in [0.2, 0.25) is 5.02 Å². The molecule has 0 aliphatic rings. The Morgan fingerprint density at radius 2 is 2.00 bits per heavy atom. The lowest BCUT2D eigenvalue weighted by Crippen LogP contribution is -2.20. The highest BCUT2D eigenvalue weighted by Crippen LogP contribution is 2.24. The van der Waals surface area contributed by atoms with Crippen LogP contribution < -0.4 is 5.32 Å². The maximum atomic E-state index is 9.62. The molecule has 2 heterocycles. The molecule has 0 radical (unpaired) electrons. The molecule has 4 nitrogen and oxygen atoms in total. The number of hydrogen-bond donors (Lipinski definition) is 2. The number of fused-ring (bicyclic) bond motifs is 1. The lowest BCUT2D eigenvalue weighted by molar-refractivity contribution is 0.232. The molecule has 2 aromatic heterocycles.